The number of carbonyl (C=O) groups excluding carboxylic acids is 1. The van der Waals surface area contributed by atoms with Crippen molar-refractivity contribution in [3.05, 3.63) is 11.8 Å². The average Bonchev–Trinajstić information content (AvgIpc) is 2.38. The summed E-state index contributed by atoms with van der Waals surface area (Å²) < 4.78 is 0. The van der Waals surface area contributed by atoms with E-state index in [2.05, 4.69) is 25.5 Å². The Labute approximate surface area is 120 Å². The summed E-state index contributed by atoms with van der Waals surface area (Å²) in [7, 11) is 0. The van der Waals surface area contributed by atoms with Crippen molar-refractivity contribution in [2.75, 3.05) is 29.9 Å². The van der Waals surface area contributed by atoms with Crippen molar-refractivity contribution >= 4 is 17.7 Å². The molecule has 1 aliphatic rings. The third-order valence-corrected chi connectivity index (χ3v) is 3.40. The first-order valence-electron chi connectivity index (χ1n) is 7.20. The minimum Gasteiger partial charge on any atom is -0.356 e. The number of aryl methyl sites for hydroxylation is 1. The predicted molar refractivity (Wildman–Crippen MR) is 80.0 cm³/mol. The number of hydrogen-bond acceptors (Lipinski definition) is 5. The van der Waals surface area contributed by atoms with E-state index in [1.54, 1.807) is 6.92 Å². The van der Waals surface area contributed by atoms with Gasteiger partial charge in [-0.15, -0.1) is 0 Å². The molecule has 110 valence electrons. The highest BCUT2D eigenvalue weighted by atomic mass is 16.1. The molecule has 0 aromatic carbocycles. The first-order chi connectivity index (χ1) is 9.58. The molecule has 20 heavy (non-hydrogen) atoms. The predicted octanol–water partition coefficient (Wildman–Crippen LogP) is 1.32. The summed E-state index contributed by atoms with van der Waals surface area (Å²) in [4.78, 5) is 22.2. The van der Waals surface area contributed by atoms with E-state index in [-0.39, 0.29) is 5.91 Å². The van der Waals surface area contributed by atoms with Gasteiger partial charge in [0.05, 0.1) is 0 Å². The Kier molecular flexibility index (Phi) is 4.76. The minimum absolute atomic E-state index is 0.0516. The summed E-state index contributed by atoms with van der Waals surface area (Å²) in [6.07, 6.45) is 1.92. The lowest BCUT2D eigenvalue weighted by Gasteiger charge is -2.33. The van der Waals surface area contributed by atoms with Crippen LogP contribution in [0.1, 0.15) is 32.4 Å². The van der Waals surface area contributed by atoms with Gasteiger partial charge < -0.3 is 15.5 Å². The van der Waals surface area contributed by atoms with Gasteiger partial charge >= 0.3 is 0 Å². The molecule has 1 aromatic heterocycles. The number of piperidine rings is 1. The summed E-state index contributed by atoms with van der Waals surface area (Å²) >= 11 is 0. The number of aromatic nitrogens is 2. The van der Waals surface area contributed by atoms with Gasteiger partial charge in [0, 0.05) is 44.4 Å². The lowest BCUT2D eigenvalue weighted by atomic mass is 10.1. The van der Waals surface area contributed by atoms with Crippen molar-refractivity contribution in [3.8, 4) is 0 Å². The number of carbonyl (C=O) groups is 1. The fourth-order valence-corrected chi connectivity index (χ4v) is 2.49. The van der Waals surface area contributed by atoms with E-state index in [0.29, 0.717) is 12.0 Å². The molecule has 1 amide bonds. The van der Waals surface area contributed by atoms with Gasteiger partial charge in [-0.1, -0.05) is 0 Å². The molecule has 1 fully saturated rings. The van der Waals surface area contributed by atoms with Gasteiger partial charge in [0.1, 0.15) is 5.82 Å². The summed E-state index contributed by atoms with van der Waals surface area (Å²) in [5.41, 5.74) is 0.968. The molecule has 0 aliphatic carbocycles. The van der Waals surface area contributed by atoms with Gasteiger partial charge in [0.2, 0.25) is 11.9 Å². The highest BCUT2D eigenvalue weighted by Gasteiger charge is 2.21. The molecule has 0 radical (unpaired) electrons. The highest BCUT2D eigenvalue weighted by molar-refractivity contribution is 5.73. The zero-order valence-electron chi connectivity index (χ0n) is 12.4. The summed E-state index contributed by atoms with van der Waals surface area (Å²) in [5.74, 6) is 1.71. The normalized spacial score (nSPS) is 16.1. The third-order valence-electron chi connectivity index (χ3n) is 3.40. The Morgan fingerprint density at radius 3 is 2.70 bits per heavy atom. The second kappa shape index (κ2) is 6.54. The third kappa shape index (κ3) is 3.82. The molecule has 2 N–H and O–H groups in total. The molecule has 0 saturated carbocycles. The highest BCUT2D eigenvalue weighted by Crippen LogP contribution is 2.20. The van der Waals surface area contributed by atoms with Crippen molar-refractivity contribution in [1.82, 2.24) is 15.3 Å². The fraction of sp³-hybridized carbons (Fsp3) is 0.643. The van der Waals surface area contributed by atoms with Gasteiger partial charge in [-0.05, 0) is 26.7 Å². The van der Waals surface area contributed by atoms with Crippen LogP contribution in [0.3, 0.4) is 0 Å². The maximum atomic E-state index is 11.1. The number of rotatable bonds is 4. The van der Waals surface area contributed by atoms with E-state index >= 15 is 0 Å². The minimum atomic E-state index is 0.0516. The van der Waals surface area contributed by atoms with E-state index in [0.717, 1.165) is 44.0 Å². The average molecular weight is 277 g/mol. The van der Waals surface area contributed by atoms with E-state index in [1.165, 1.54) is 0 Å². The molecular weight excluding hydrogens is 254 g/mol. The summed E-state index contributed by atoms with van der Waals surface area (Å²) in [6, 6.07) is 2.31. The molecule has 2 rings (SSSR count). The van der Waals surface area contributed by atoms with Crippen molar-refractivity contribution in [2.45, 2.75) is 39.7 Å². The molecule has 0 unspecified atom stereocenters. The van der Waals surface area contributed by atoms with Crippen LogP contribution in [-0.4, -0.2) is 41.6 Å². The quantitative estimate of drug-likeness (QED) is 0.868. The monoisotopic (exact) mass is 277 g/mol. The van der Waals surface area contributed by atoms with Crippen LogP contribution in [0.5, 0.6) is 0 Å². The molecule has 0 bridgehead atoms. The Morgan fingerprint density at radius 1 is 1.40 bits per heavy atom. The lowest BCUT2D eigenvalue weighted by molar-refractivity contribution is -0.119. The molecule has 6 heteroatoms. The second-order valence-electron chi connectivity index (χ2n) is 5.18. The van der Waals surface area contributed by atoms with E-state index in [4.69, 9.17) is 0 Å². The van der Waals surface area contributed by atoms with E-state index in [9.17, 15) is 4.79 Å². The molecule has 1 aromatic rings. The molecule has 0 atom stereocenters. The fourth-order valence-electron chi connectivity index (χ4n) is 2.49. The summed E-state index contributed by atoms with van der Waals surface area (Å²) in [5, 5.41) is 6.14. The van der Waals surface area contributed by atoms with Crippen LogP contribution in [0, 0.1) is 6.92 Å². The maximum absolute atomic E-state index is 11.1. The van der Waals surface area contributed by atoms with Crippen molar-refractivity contribution < 1.29 is 4.79 Å². The second-order valence-corrected chi connectivity index (χ2v) is 5.18. The Hall–Kier alpha value is -1.85. The van der Waals surface area contributed by atoms with Gasteiger partial charge in [0.15, 0.2) is 0 Å². The number of nitrogens with zero attached hydrogens (tertiary/aromatic N) is 3. The van der Waals surface area contributed by atoms with E-state index < -0.39 is 0 Å². The zero-order valence-corrected chi connectivity index (χ0v) is 12.4. The van der Waals surface area contributed by atoms with Crippen LogP contribution in [-0.2, 0) is 4.79 Å². The molecule has 2 heterocycles. The van der Waals surface area contributed by atoms with E-state index in [1.807, 2.05) is 19.9 Å². The van der Waals surface area contributed by atoms with Crippen molar-refractivity contribution in [2.24, 2.45) is 0 Å². The maximum Gasteiger partial charge on any atom is 0.224 e. The molecular formula is C14H23N5O. The lowest BCUT2D eigenvalue weighted by Crippen LogP contribution is -2.44. The van der Waals surface area contributed by atoms with Gasteiger partial charge in [-0.2, -0.15) is 4.98 Å². The van der Waals surface area contributed by atoms with Gasteiger partial charge in [-0.25, -0.2) is 4.98 Å². The number of hydrogen-bond donors (Lipinski definition) is 2. The molecule has 6 nitrogen and oxygen atoms in total. The Balaban J connectivity index is 2.01. The van der Waals surface area contributed by atoms with Crippen LogP contribution in [0.25, 0.3) is 0 Å². The van der Waals surface area contributed by atoms with Crippen molar-refractivity contribution in [1.29, 1.82) is 0 Å². The first-order valence-corrected chi connectivity index (χ1v) is 7.20. The van der Waals surface area contributed by atoms with Crippen LogP contribution in [0.2, 0.25) is 0 Å². The molecule has 1 aliphatic heterocycles. The van der Waals surface area contributed by atoms with Gasteiger partial charge in [-0.3, -0.25) is 4.79 Å². The smallest absolute Gasteiger partial charge is 0.224 e. The van der Waals surface area contributed by atoms with Crippen LogP contribution < -0.4 is 15.5 Å². The van der Waals surface area contributed by atoms with Crippen LogP contribution in [0.4, 0.5) is 11.8 Å². The zero-order chi connectivity index (χ0) is 14.5. The number of amides is 1. The Bertz CT molecular complexity index is 469. The largest absolute Gasteiger partial charge is 0.356 e. The summed E-state index contributed by atoms with van der Waals surface area (Å²) in [6.45, 7) is 8.22. The van der Waals surface area contributed by atoms with Gasteiger partial charge in [0.25, 0.3) is 0 Å². The molecule has 0 spiro atoms. The molecule has 1 saturated heterocycles. The standard InChI is InChI=1S/C14H23N5O/c1-4-15-14-16-10(2)9-13(18-14)19-7-5-12(6-8-19)17-11(3)20/h9,12H,4-8H2,1-3H3,(H,17,20)(H,15,16,18). The van der Waals surface area contributed by atoms with Crippen molar-refractivity contribution in [3.63, 3.8) is 0 Å². The first kappa shape index (κ1) is 14.6. The Morgan fingerprint density at radius 2 is 2.10 bits per heavy atom. The topological polar surface area (TPSA) is 70.2 Å². The van der Waals surface area contributed by atoms with Crippen LogP contribution >= 0.6 is 0 Å². The SMILES string of the molecule is CCNc1nc(C)cc(N2CCC(NC(C)=O)CC2)n1. The van der Waals surface area contributed by atoms with Crippen LogP contribution in [0.15, 0.2) is 6.07 Å². The number of nitrogens with one attached hydrogen (secondary N) is 2. The number of anilines is 2.